The number of ketones is 1. The quantitative estimate of drug-likeness (QED) is 0.204. The van der Waals surface area contributed by atoms with Gasteiger partial charge in [-0.1, -0.05) is 5.16 Å². The predicted octanol–water partition coefficient (Wildman–Crippen LogP) is 0.00290. The van der Waals surface area contributed by atoms with Crippen molar-refractivity contribution in [2.75, 3.05) is 5.75 Å². The number of carbonyl (C=O) groups is 1. The Bertz CT molecular complexity index is 915. The fourth-order valence-electron chi connectivity index (χ4n) is 1.96. The standard InChI is InChI=1S/C14H15N5O5S/c15-14(16)18-24-25(22,23)9-13(20)11-5-10(8-17-21)6-12(7-11)19-3-1-2-4-19/h1-8,21H,9H2,(H4,15,16,18). The van der Waals surface area contributed by atoms with Crippen LogP contribution in [-0.2, 0) is 14.4 Å². The maximum atomic E-state index is 12.3. The van der Waals surface area contributed by atoms with Gasteiger partial charge in [0.05, 0.1) is 6.21 Å². The van der Waals surface area contributed by atoms with Crippen LogP contribution in [0, 0.1) is 0 Å². The molecule has 0 saturated heterocycles. The van der Waals surface area contributed by atoms with E-state index in [0.29, 0.717) is 11.3 Å². The highest BCUT2D eigenvalue weighted by atomic mass is 32.2. The summed E-state index contributed by atoms with van der Waals surface area (Å²) < 4.78 is 29.3. The van der Waals surface area contributed by atoms with E-state index in [2.05, 4.69) is 14.6 Å². The summed E-state index contributed by atoms with van der Waals surface area (Å²) >= 11 is 0. The Morgan fingerprint density at radius 2 is 1.92 bits per heavy atom. The summed E-state index contributed by atoms with van der Waals surface area (Å²) in [7, 11) is -4.30. The molecule has 0 radical (unpaired) electrons. The van der Waals surface area contributed by atoms with E-state index in [0.717, 1.165) is 6.21 Å². The lowest BCUT2D eigenvalue weighted by atomic mass is 10.1. The van der Waals surface area contributed by atoms with Gasteiger partial charge in [-0.3, -0.25) is 9.08 Å². The molecule has 0 aliphatic heterocycles. The molecule has 25 heavy (non-hydrogen) atoms. The normalized spacial score (nSPS) is 11.4. The number of guanidine groups is 1. The van der Waals surface area contributed by atoms with Crippen molar-refractivity contribution in [3.8, 4) is 5.69 Å². The smallest absolute Gasteiger partial charge is 0.336 e. The molecule has 2 rings (SSSR count). The Labute approximate surface area is 143 Å². The lowest BCUT2D eigenvalue weighted by molar-refractivity contribution is 0.101. The van der Waals surface area contributed by atoms with Gasteiger partial charge in [-0.2, -0.15) is 8.42 Å². The molecule has 0 spiro atoms. The number of rotatable bonds is 7. The van der Waals surface area contributed by atoms with E-state index in [1.807, 2.05) is 0 Å². The molecule has 1 aromatic carbocycles. The average molecular weight is 365 g/mol. The Morgan fingerprint density at radius 1 is 1.24 bits per heavy atom. The minimum absolute atomic E-state index is 0.0815. The number of hydrogen-bond acceptors (Lipinski definition) is 7. The number of aromatic nitrogens is 1. The molecule has 0 aliphatic carbocycles. The second-order valence-electron chi connectivity index (χ2n) is 4.86. The SMILES string of the molecule is NC(N)=NOS(=O)(=O)CC(=O)c1cc(C=NO)cc(-n2cccc2)c1. The van der Waals surface area contributed by atoms with E-state index in [1.165, 1.54) is 12.1 Å². The molecule has 5 N–H and O–H groups in total. The fourth-order valence-corrected chi connectivity index (χ4v) is 2.70. The van der Waals surface area contributed by atoms with E-state index in [4.69, 9.17) is 16.7 Å². The first-order valence-electron chi connectivity index (χ1n) is 6.80. The molecule has 0 amide bonds. The third kappa shape index (κ3) is 5.07. The Hall–Kier alpha value is -3.34. The Balaban J connectivity index is 2.34. The zero-order valence-electron chi connectivity index (χ0n) is 12.8. The zero-order chi connectivity index (χ0) is 18.4. The molecule has 0 unspecified atom stereocenters. The molecule has 0 saturated carbocycles. The molecule has 11 heteroatoms. The highest BCUT2D eigenvalue weighted by Gasteiger charge is 2.20. The van der Waals surface area contributed by atoms with Gasteiger partial charge < -0.3 is 21.2 Å². The fraction of sp³-hybridized carbons (Fsp3) is 0.0714. The van der Waals surface area contributed by atoms with Crippen LogP contribution in [-0.4, -0.2) is 41.9 Å². The molecule has 132 valence electrons. The van der Waals surface area contributed by atoms with Crippen molar-refractivity contribution in [3.63, 3.8) is 0 Å². The number of hydrogen-bond donors (Lipinski definition) is 3. The monoisotopic (exact) mass is 365 g/mol. The second-order valence-corrected chi connectivity index (χ2v) is 6.42. The topological polar surface area (TPSA) is 162 Å². The first-order chi connectivity index (χ1) is 11.8. The summed E-state index contributed by atoms with van der Waals surface area (Å²) in [6, 6.07) is 8.09. The van der Waals surface area contributed by atoms with Crippen molar-refractivity contribution >= 4 is 28.1 Å². The van der Waals surface area contributed by atoms with E-state index in [1.54, 1.807) is 35.2 Å². The molecule has 10 nitrogen and oxygen atoms in total. The first-order valence-corrected chi connectivity index (χ1v) is 8.38. The van der Waals surface area contributed by atoms with E-state index in [9.17, 15) is 13.2 Å². The number of benzene rings is 1. The third-order valence-electron chi connectivity index (χ3n) is 2.94. The second kappa shape index (κ2) is 7.49. The van der Waals surface area contributed by atoms with Gasteiger partial charge in [-0.15, -0.1) is 0 Å². The van der Waals surface area contributed by atoms with Gasteiger partial charge >= 0.3 is 10.1 Å². The summed E-state index contributed by atoms with van der Waals surface area (Å²) in [6.45, 7) is 0. The number of nitrogens with two attached hydrogens (primary N) is 2. The molecular formula is C14H15N5O5S. The number of Topliss-reactive ketones (excluding diaryl/α,β-unsaturated/α-hetero) is 1. The lowest BCUT2D eigenvalue weighted by Gasteiger charge is -2.08. The third-order valence-corrected chi connectivity index (χ3v) is 3.85. The van der Waals surface area contributed by atoms with Crippen molar-refractivity contribution in [1.29, 1.82) is 0 Å². The summed E-state index contributed by atoms with van der Waals surface area (Å²) in [5.41, 5.74) is 11.0. The summed E-state index contributed by atoms with van der Waals surface area (Å²) in [5, 5.41) is 14.5. The van der Waals surface area contributed by atoms with Crippen molar-refractivity contribution in [1.82, 2.24) is 4.57 Å². The molecule has 0 bridgehead atoms. The molecule has 0 fully saturated rings. The van der Waals surface area contributed by atoms with Crippen LogP contribution < -0.4 is 11.5 Å². The van der Waals surface area contributed by atoms with Gasteiger partial charge in [-0.25, -0.2) is 0 Å². The average Bonchev–Trinajstić information content (AvgIpc) is 3.07. The van der Waals surface area contributed by atoms with Crippen molar-refractivity contribution < 1.29 is 22.7 Å². The molecule has 2 aromatic rings. The van der Waals surface area contributed by atoms with Crippen LogP contribution >= 0.6 is 0 Å². The van der Waals surface area contributed by atoms with Crippen molar-refractivity contribution in [2.24, 2.45) is 21.8 Å². The summed E-state index contributed by atoms with van der Waals surface area (Å²) in [5.74, 6) is -2.30. The van der Waals surface area contributed by atoms with Gasteiger partial charge in [0.25, 0.3) is 0 Å². The Morgan fingerprint density at radius 3 is 2.52 bits per heavy atom. The van der Waals surface area contributed by atoms with Crippen LogP contribution in [0.25, 0.3) is 5.69 Å². The van der Waals surface area contributed by atoms with Gasteiger partial charge in [-0.05, 0) is 41.1 Å². The molecular weight excluding hydrogens is 350 g/mol. The van der Waals surface area contributed by atoms with Crippen molar-refractivity contribution in [3.05, 3.63) is 53.9 Å². The minimum atomic E-state index is -4.30. The van der Waals surface area contributed by atoms with E-state index in [-0.39, 0.29) is 5.56 Å². The van der Waals surface area contributed by atoms with E-state index >= 15 is 0 Å². The number of carbonyl (C=O) groups excluding carboxylic acids is 1. The predicted molar refractivity (Wildman–Crippen MR) is 90.2 cm³/mol. The summed E-state index contributed by atoms with van der Waals surface area (Å²) in [6.07, 6.45) is 4.60. The van der Waals surface area contributed by atoms with Gasteiger partial charge in [0, 0.05) is 23.6 Å². The first kappa shape index (κ1) is 18.0. The maximum absolute atomic E-state index is 12.3. The number of nitrogens with zero attached hydrogens (tertiary/aromatic N) is 3. The minimum Gasteiger partial charge on any atom is -0.411 e. The van der Waals surface area contributed by atoms with Crippen LogP contribution in [0.3, 0.4) is 0 Å². The van der Waals surface area contributed by atoms with Gasteiger partial charge in [0.2, 0.25) is 5.96 Å². The number of oxime groups is 2. The zero-order valence-corrected chi connectivity index (χ0v) is 13.6. The van der Waals surface area contributed by atoms with Crippen LogP contribution in [0.5, 0.6) is 0 Å². The van der Waals surface area contributed by atoms with Gasteiger partial charge in [0.15, 0.2) is 11.5 Å². The molecule has 1 aromatic heterocycles. The molecule has 0 aliphatic rings. The summed E-state index contributed by atoms with van der Waals surface area (Å²) in [4.78, 5) is 12.3. The highest BCUT2D eigenvalue weighted by Crippen LogP contribution is 2.16. The lowest BCUT2D eigenvalue weighted by Crippen LogP contribution is -2.25. The van der Waals surface area contributed by atoms with Crippen LogP contribution in [0.4, 0.5) is 0 Å². The van der Waals surface area contributed by atoms with Crippen LogP contribution in [0.15, 0.2) is 53.0 Å². The van der Waals surface area contributed by atoms with E-state index < -0.39 is 27.6 Å². The van der Waals surface area contributed by atoms with Crippen LogP contribution in [0.2, 0.25) is 0 Å². The largest absolute Gasteiger partial charge is 0.411 e. The maximum Gasteiger partial charge on any atom is 0.336 e. The highest BCUT2D eigenvalue weighted by molar-refractivity contribution is 7.87. The van der Waals surface area contributed by atoms with Gasteiger partial charge in [0.1, 0.15) is 0 Å². The van der Waals surface area contributed by atoms with Crippen LogP contribution in [0.1, 0.15) is 15.9 Å². The van der Waals surface area contributed by atoms with Crippen molar-refractivity contribution in [2.45, 2.75) is 0 Å². The molecule has 0 atom stereocenters. The molecule has 1 heterocycles. The Kier molecular flexibility index (Phi) is 5.39.